The van der Waals surface area contributed by atoms with Crippen LogP contribution in [0, 0.1) is 6.92 Å². The van der Waals surface area contributed by atoms with Crippen LogP contribution < -0.4 is 0 Å². The van der Waals surface area contributed by atoms with Crippen molar-refractivity contribution in [3.8, 4) is 11.4 Å². The summed E-state index contributed by atoms with van der Waals surface area (Å²) in [7, 11) is 1.31. The molecule has 2 aromatic heterocycles. The quantitative estimate of drug-likeness (QED) is 0.704. The summed E-state index contributed by atoms with van der Waals surface area (Å²) in [5.41, 5.74) is 2.59. The molecule has 3 rings (SSSR count). The number of hydrogen-bond donors (Lipinski definition) is 1. The molecule has 0 fully saturated rings. The third kappa shape index (κ3) is 2.22. The summed E-state index contributed by atoms with van der Waals surface area (Å²) in [6, 6.07) is 5.64. The smallest absolute Gasteiger partial charge is 0.329 e. The van der Waals surface area contributed by atoms with Gasteiger partial charge in [0.1, 0.15) is 5.82 Å². The number of imidazole rings is 1. The van der Waals surface area contributed by atoms with Crippen LogP contribution in [-0.2, 0) is 16.1 Å². The highest BCUT2D eigenvalue weighted by molar-refractivity contribution is 5.80. The van der Waals surface area contributed by atoms with Crippen LogP contribution >= 0.6 is 0 Å². The van der Waals surface area contributed by atoms with E-state index in [1.54, 1.807) is 0 Å². The first kappa shape index (κ1) is 12.3. The van der Waals surface area contributed by atoms with Gasteiger partial charge in [0.15, 0.2) is 6.54 Å². The first-order chi connectivity index (χ1) is 9.65. The molecule has 0 saturated carbocycles. The van der Waals surface area contributed by atoms with Crippen LogP contribution in [0.2, 0.25) is 0 Å². The molecule has 0 aliphatic heterocycles. The molecule has 20 heavy (non-hydrogen) atoms. The van der Waals surface area contributed by atoms with Gasteiger partial charge in [0.25, 0.3) is 0 Å². The number of fused-ring (bicyclic) bond motifs is 1. The molecule has 0 amide bonds. The van der Waals surface area contributed by atoms with E-state index >= 15 is 0 Å². The van der Waals surface area contributed by atoms with Gasteiger partial charge in [-0.2, -0.15) is 4.80 Å². The van der Waals surface area contributed by atoms with E-state index in [0.29, 0.717) is 5.82 Å². The normalized spacial score (nSPS) is 10.9. The minimum Gasteiger partial charge on any atom is -0.468 e. The van der Waals surface area contributed by atoms with Gasteiger partial charge in [-0.15, -0.1) is 10.2 Å². The number of tetrazole rings is 1. The molecule has 1 N–H and O–H groups in total. The standard InChI is InChI=1S/C12H12N6O2/c1-7-13-9-4-3-8(5-10(9)14-7)12-15-17-18(16-12)6-11(19)20-2/h3-5H,6H2,1-2H3,(H,13,14). The van der Waals surface area contributed by atoms with Crippen LogP contribution in [0.3, 0.4) is 0 Å². The summed E-state index contributed by atoms with van der Waals surface area (Å²) in [5.74, 6) is 0.871. The molecule has 8 heteroatoms. The molecule has 0 spiro atoms. The molecular weight excluding hydrogens is 260 g/mol. The molecule has 0 unspecified atom stereocenters. The lowest BCUT2D eigenvalue weighted by Crippen LogP contribution is -2.14. The minimum atomic E-state index is -0.423. The fourth-order valence-corrected chi connectivity index (χ4v) is 1.88. The minimum absolute atomic E-state index is 0.0606. The van der Waals surface area contributed by atoms with Crippen molar-refractivity contribution in [2.45, 2.75) is 13.5 Å². The Kier molecular flexibility index (Phi) is 2.90. The third-order valence-electron chi connectivity index (χ3n) is 2.81. The van der Waals surface area contributed by atoms with Crippen molar-refractivity contribution in [1.29, 1.82) is 0 Å². The van der Waals surface area contributed by atoms with E-state index in [9.17, 15) is 4.79 Å². The number of aromatic amines is 1. The maximum absolute atomic E-state index is 11.1. The largest absolute Gasteiger partial charge is 0.468 e. The number of nitrogens with zero attached hydrogens (tertiary/aromatic N) is 5. The monoisotopic (exact) mass is 272 g/mol. The number of ether oxygens (including phenoxy) is 1. The number of nitrogens with one attached hydrogen (secondary N) is 1. The topological polar surface area (TPSA) is 98.6 Å². The SMILES string of the molecule is COC(=O)Cn1nnc(-c2ccc3nc(C)[nH]c3c2)n1. The van der Waals surface area contributed by atoms with Crippen LogP contribution in [0.1, 0.15) is 5.82 Å². The van der Waals surface area contributed by atoms with E-state index in [1.807, 2.05) is 25.1 Å². The first-order valence-corrected chi connectivity index (χ1v) is 5.97. The Morgan fingerprint density at radius 2 is 2.30 bits per heavy atom. The van der Waals surface area contributed by atoms with Crippen molar-refractivity contribution in [3.63, 3.8) is 0 Å². The third-order valence-corrected chi connectivity index (χ3v) is 2.81. The number of methoxy groups -OCH3 is 1. The molecule has 0 atom stereocenters. The van der Waals surface area contributed by atoms with Gasteiger partial charge in [-0.3, -0.25) is 0 Å². The zero-order chi connectivity index (χ0) is 14.1. The fraction of sp³-hybridized carbons (Fsp3) is 0.250. The van der Waals surface area contributed by atoms with Crippen molar-refractivity contribution in [3.05, 3.63) is 24.0 Å². The molecule has 0 aliphatic rings. The summed E-state index contributed by atoms with van der Waals surface area (Å²) in [4.78, 5) is 19.8. The molecule has 102 valence electrons. The Morgan fingerprint density at radius 3 is 3.10 bits per heavy atom. The molecule has 3 aromatic rings. The van der Waals surface area contributed by atoms with E-state index in [0.717, 1.165) is 22.4 Å². The van der Waals surface area contributed by atoms with Crippen molar-refractivity contribution in [2.75, 3.05) is 7.11 Å². The van der Waals surface area contributed by atoms with E-state index < -0.39 is 5.97 Å². The number of H-pyrrole nitrogens is 1. The van der Waals surface area contributed by atoms with Gasteiger partial charge in [0.2, 0.25) is 5.82 Å². The highest BCUT2D eigenvalue weighted by Gasteiger charge is 2.10. The van der Waals surface area contributed by atoms with Crippen LogP contribution in [0.15, 0.2) is 18.2 Å². The number of benzene rings is 1. The average Bonchev–Trinajstić information content (AvgIpc) is 3.02. The summed E-state index contributed by atoms with van der Waals surface area (Å²) in [5, 5.41) is 11.9. The molecule has 2 heterocycles. The molecule has 8 nitrogen and oxygen atoms in total. The van der Waals surface area contributed by atoms with Gasteiger partial charge in [-0.1, -0.05) is 0 Å². The van der Waals surface area contributed by atoms with Gasteiger partial charge in [-0.05, 0) is 30.3 Å². The zero-order valence-corrected chi connectivity index (χ0v) is 11.0. The number of aromatic nitrogens is 6. The van der Waals surface area contributed by atoms with Crippen LogP contribution in [0.5, 0.6) is 0 Å². The van der Waals surface area contributed by atoms with Crippen molar-refractivity contribution < 1.29 is 9.53 Å². The van der Waals surface area contributed by atoms with Crippen molar-refractivity contribution in [2.24, 2.45) is 0 Å². The number of rotatable bonds is 3. The van der Waals surface area contributed by atoms with E-state index in [4.69, 9.17) is 0 Å². The lowest BCUT2D eigenvalue weighted by Gasteiger charge is -1.96. The molecule has 0 aliphatic carbocycles. The molecule has 0 bridgehead atoms. The van der Waals surface area contributed by atoms with Crippen molar-refractivity contribution >= 4 is 17.0 Å². The van der Waals surface area contributed by atoms with Gasteiger partial charge in [-0.25, -0.2) is 9.78 Å². The predicted molar refractivity (Wildman–Crippen MR) is 69.7 cm³/mol. The Labute approximate surface area is 113 Å². The summed E-state index contributed by atoms with van der Waals surface area (Å²) >= 11 is 0. The number of esters is 1. The average molecular weight is 272 g/mol. The van der Waals surface area contributed by atoms with Gasteiger partial charge in [0.05, 0.1) is 18.1 Å². The Balaban J connectivity index is 1.92. The maximum atomic E-state index is 11.1. The highest BCUT2D eigenvalue weighted by atomic mass is 16.5. The second-order valence-corrected chi connectivity index (χ2v) is 4.27. The van der Waals surface area contributed by atoms with Crippen LogP contribution in [-0.4, -0.2) is 43.3 Å². The number of carbonyl (C=O) groups excluding carboxylic acids is 1. The second-order valence-electron chi connectivity index (χ2n) is 4.27. The van der Waals surface area contributed by atoms with Gasteiger partial charge >= 0.3 is 5.97 Å². The van der Waals surface area contributed by atoms with E-state index in [2.05, 4.69) is 30.1 Å². The maximum Gasteiger partial charge on any atom is 0.329 e. The summed E-state index contributed by atoms with van der Waals surface area (Å²) in [6.07, 6.45) is 0. The fourth-order valence-electron chi connectivity index (χ4n) is 1.88. The van der Waals surface area contributed by atoms with Gasteiger partial charge < -0.3 is 9.72 Å². The lowest BCUT2D eigenvalue weighted by molar-refractivity contribution is -0.141. The molecule has 0 radical (unpaired) electrons. The molecule has 0 saturated heterocycles. The number of hydrogen-bond acceptors (Lipinski definition) is 6. The van der Waals surface area contributed by atoms with E-state index in [-0.39, 0.29) is 6.54 Å². The molecule has 1 aromatic carbocycles. The highest BCUT2D eigenvalue weighted by Crippen LogP contribution is 2.19. The lowest BCUT2D eigenvalue weighted by atomic mass is 10.2. The Bertz CT molecular complexity index is 775. The Hall–Kier alpha value is -2.77. The molecular formula is C12H12N6O2. The van der Waals surface area contributed by atoms with Crippen molar-refractivity contribution in [1.82, 2.24) is 30.2 Å². The number of aryl methyl sites for hydroxylation is 1. The first-order valence-electron chi connectivity index (χ1n) is 5.97. The summed E-state index contributed by atoms with van der Waals surface area (Å²) in [6.45, 7) is 1.83. The predicted octanol–water partition coefficient (Wildman–Crippen LogP) is 0.698. The summed E-state index contributed by atoms with van der Waals surface area (Å²) < 4.78 is 4.55. The van der Waals surface area contributed by atoms with Crippen LogP contribution in [0.4, 0.5) is 0 Å². The number of carbonyl (C=O) groups is 1. The van der Waals surface area contributed by atoms with Gasteiger partial charge in [0, 0.05) is 5.56 Å². The Morgan fingerprint density at radius 1 is 1.45 bits per heavy atom. The second kappa shape index (κ2) is 4.72. The van der Waals surface area contributed by atoms with Crippen LogP contribution in [0.25, 0.3) is 22.4 Å². The zero-order valence-electron chi connectivity index (χ0n) is 11.0. The van der Waals surface area contributed by atoms with E-state index in [1.165, 1.54) is 11.9 Å².